The van der Waals surface area contributed by atoms with Gasteiger partial charge in [0.15, 0.2) is 0 Å². The van der Waals surface area contributed by atoms with E-state index in [9.17, 15) is 0 Å². The van der Waals surface area contributed by atoms with E-state index in [-0.39, 0.29) is 19.3 Å². The van der Waals surface area contributed by atoms with Gasteiger partial charge in [0.2, 0.25) is 0 Å². The highest BCUT2D eigenvalue weighted by molar-refractivity contribution is 14.2. The van der Waals surface area contributed by atoms with Gasteiger partial charge in [-0.1, -0.05) is 34.9 Å². The summed E-state index contributed by atoms with van der Waals surface area (Å²) in [6.45, 7) is 4.38. The molecule has 1 aliphatic heterocycles. The average Bonchev–Trinajstić information content (AvgIpc) is 2.64. The predicted octanol–water partition coefficient (Wildman–Crippen LogP) is 5.01. The van der Waals surface area contributed by atoms with E-state index >= 15 is 0 Å². The summed E-state index contributed by atoms with van der Waals surface area (Å²) in [6, 6.07) is 12.8. The van der Waals surface area contributed by atoms with E-state index in [1.165, 1.54) is 13.6 Å². The van der Waals surface area contributed by atoms with Crippen LogP contribution in [0.1, 0.15) is 25.3 Å². The summed E-state index contributed by atoms with van der Waals surface area (Å²) in [5, 5.41) is 1.13. The van der Waals surface area contributed by atoms with E-state index < -0.39 is 0 Å². The van der Waals surface area contributed by atoms with Gasteiger partial charge < -0.3 is 4.74 Å². The zero-order chi connectivity index (χ0) is 14.1. The van der Waals surface area contributed by atoms with Crippen molar-refractivity contribution >= 4 is 34.0 Å². The summed E-state index contributed by atoms with van der Waals surface area (Å²) in [4.78, 5) is 6.12. The highest BCUT2D eigenvalue weighted by Crippen LogP contribution is 2.44. The number of nitrogens with zero attached hydrogens (tertiary/aromatic N) is 1. The third-order valence-corrected chi connectivity index (χ3v) is 8.39. The molecule has 2 aromatic rings. The molecule has 0 aliphatic carbocycles. The summed E-state index contributed by atoms with van der Waals surface area (Å²) in [5.41, 5.74) is 2.32. The normalized spacial score (nSPS) is 13.2. The molecular formula is C16H16INOS. The molecule has 0 unspecified atom stereocenters. The second-order valence-corrected chi connectivity index (χ2v) is 9.49. The van der Waals surface area contributed by atoms with Gasteiger partial charge in [0.1, 0.15) is 5.75 Å². The molecule has 2 nitrogen and oxygen atoms in total. The van der Waals surface area contributed by atoms with Gasteiger partial charge in [-0.25, -0.2) is 4.99 Å². The molecule has 20 heavy (non-hydrogen) atoms. The Morgan fingerprint density at radius 2 is 2.00 bits per heavy atom. The summed E-state index contributed by atoms with van der Waals surface area (Å²) in [7, 11) is 3.68. The second kappa shape index (κ2) is 5.85. The molecule has 0 saturated carbocycles. The average molecular weight is 397 g/mol. The summed E-state index contributed by atoms with van der Waals surface area (Å²) < 4.78 is 6.95. The number of fused-ring (bicyclic) bond motifs is 2. The first-order valence-electron chi connectivity index (χ1n) is 6.53. The molecule has 0 aromatic heterocycles. The van der Waals surface area contributed by atoms with Gasteiger partial charge in [-0.15, -0.1) is 0 Å². The topological polar surface area (TPSA) is 21.6 Å². The van der Waals surface area contributed by atoms with Gasteiger partial charge in [0, 0.05) is 8.05 Å². The van der Waals surface area contributed by atoms with Crippen LogP contribution in [-0.2, 0) is 0 Å². The van der Waals surface area contributed by atoms with Crippen LogP contribution in [-0.4, -0.2) is 7.11 Å². The maximum absolute atomic E-state index is 5.55. The Balaban J connectivity index is 2.25. The van der Waals surface area contributed by atoms with Crippen molar-refractivity contribution < 1.29 is 4.74 Å². The number of para-hydroxylation sites is 1. The molecule has 0 atom stereocenters. The molecule has 4 heteroatoms. The van der Waals surface area contributed by atoms with Crippen molar-refractivity contribution in [3.05, 3.63) is 50.5 Å². The molecule has 0 amide bonds. The molecule has 1 heterocycles. The minimum Gasteiger partial charge on any atom is -0.496 e. The zero-order valence-corrected chi connectivity index (χ0v) is 14.7. The van der Waals surface area contributed by atoms with Crippen LogP contribution in [0.15, 0.2) is 46.3 Å². The lowest BCUT2D eigenvalue weighted by Crippen LogP contribution is -2.00. The van der Waals surface area contributed by atoms with Crippen LogP contribution in [0.5, 0.6) is 5.75 Å². The lowest BCUT2D eigenvalue weighted by Gasteiger charge is -2.14. The van der Waals surface area contributed by atoms with Crippen molar-refractivity contribution in [3.63, 3.8) is 0 Å². The van der Waals surface area contributed by atoms with Crippen molar-refractivity contribution in [1.29, 1.82) is 0 Å². The fraction of sp³-hybridized carbons (Fsp3) is 0.250. The molecule has 0 fully saturated rings. The summed E-state index contributed by atoms with van der Waals surface area (Å²) in [5.74, 6) is 1.42. The molecule has 2 aromatic carbocycles. The lowest BCUT2D eigenvalue weighted by atomic mass is 10.0. The van der Waals surface area contributed by atoms with E-state index in [1.807, 2.05) is 8.93 Å². The standard InChI is InChI=1S/C16H16INOS/c1-10(2)11-8-14-16(9-15(11)19-3)20-17-12-6-4-5-7-13(12)18-14/h4-10H,1-3H3. The van der Waals surface area contributed by atoms with Crippen LogP contribution in [0.2, 0.25) is 0 Å². The predicted molar refractivity (Wildman–Crippen MR) is 93.1 cm³/mol. The number of methoxy groups -OCH3 is 1. The Kier molecular flexibility index (Phi) is 4.12. The van der Waals surface area contributed by atoms with E-state index in [4.69, 9.17) is 9.73 Å². The van der Waals surface area contributed by atoms with E-state index in [2.05, 4.69) is 50.2 Å². The van der Waals surface area contributed by atoms with E-state index in [0.717, 1.165) is 16.8 Å². The van der Waals surface area contributed by atoms with Crippen LogP contribution in [0.25, 0.3) is 0 Å². The van der Waals surface area contributed by atoms with Gasteiger partial charge in [-0.05, 0) is 55.1 Å². The highest BCUT2D eigenvalue weighted by Gasteiger charge is 2.14. The van der Waals surface area contributed by atoms with E-state index in [0.29, 0.717) is 5.92 Å². The Bertz CT molecular complexity index is 771. The van der Waals surface area contributed by atoms with Crippen molar-refractivity contribution in [2.24, 2.45) is 4.99 Å². The van der Waals surface area contributed by atoms with Crippen molar-refractivity contribution in [2.45, 2.75) is 24.7 Å². The van der Waals surface area contributed by atoms with Gasteiger partial charge in [0.05, 0.1) is 18.2 Å². The maximum Gasteiger partial charge on any atom is 0.123 e. The smallest absolute Gasteiger partial charge is 0.123 e. The Hall–Kier alpha value is -0.880. The largest absolute Gasteiger partial charge is 0.496 e. The van der Waals surface area contributed by atoms with Crippen molar-refractivity contribution in [1.82, 2.24) is 0 Å². The second-order valence-electron chi connectivity index (χ2n) is 4.93. The van der Waals surface area contributed by atoms with E-state index in [1.54, 1.807) is 7.11 Å². The molecule has 104 valence electrons. The number of halogens is 1. The van der Waals surface area contributed by atoms with Gasteiger partial charge in [-0.3, -0.25) is 0 Å². The number of ether oxygens (including phenoxy) is 1. The zero-order valence-electron chi connectivity index (χ0n) is 11.7. The number of rotatable bonds is 2. The maximum atomic E-state index is 5.55. The molecule has 0 N–H and O–H groups in total. The highest BCUT2D eigenvalue weighted by atomic mass is 127. The minimum absolute atomic E-state index is 0.0979. The summed E-state index contributed by atoms with van der Waals surface area (Å²) in [6.07, 6.45) is 0. The molecule has 1 aliphatic rings. The minimum atomic E-state index is -0.0979. The van der Waals surface area contributed by atoms with Crippen LogP contribution < -0.4 is 10.1 Å². The first kappa shape index (κ1) is 14.1. The first-order valence-corrected chi connectivity index (χ1v) is 11.0. The monoisotopic (exact) mass is 397 g/mol. The Morgan fingerprint density at radius 3 is 2.75 bits per heavy atom. The fourth-order valence-electron chi connectivity index (χ4n) is 2.16. The number of hydrogen-bond acceptors (Lipinski definition) is 3. The Morgan fingerprint density at radius 1 is 1.20 bits per heavy atom. The SMILES string of the molecule is COc1cc2c(cc1C(C)C)N=c1ccccc1=IS2. The van der Waals surface area contributed by atoms with Crippen molar-refractivity contribution in [3.8, 4) is 5.75 Å². The van der Waals surface area contributed by atoms with Gasteiger partial charge in [-0.2, -0.15) is 0 Å². The molecule has 3 rings (SSSR count). The first-order chi connectivity index (χ1) is 9.69. The van der Waals surface area contributed by atoms with Gasteiger partial charge in [0.25, 0.3) is 0 Å². The number of hydrogen-bond donors (Lipinski definition) is 0. The fourth-order valence-corrected chi connectivity index (χ4v) is 6.90. The van der Waals surface area contributed by atoms with Gasteiger partial charge >= 0.3 is 0 Å². The summed E-state index contributed by atoms with van der Waals surface area (Å²) >= 11 is -0.0979. The van der Waals surface area contributed by atoms with Crippen LogP contribution >= 0.6 is 28.3 Å². The Labute approximate surface area is 131 Å². The molecule has 0 bridgehead atoms. The number of benzene rings is 2. The van der Waals surface area contributed by atoms with Crippen LogP contribution in [0.4, 0.5) is 5.69 Å². The quantitative estimate of drug-likeness (QED) is 0.665. The van der Waals surface area contributed by atoms with Crippen molar-refractivity contribution in [2.75, 3.05) is 7.11 Å². The molecule has 0 spiro atoms. The lowest BCUT2D eigenvalue weighted by molar-refractivity contribution is 0.406. The van der Waals surface area contributed by atoms with Crippen LogP contribution in [0.3, 0.4) is 0 Å². The molecule has 0 radical (unpaired) electrons. The molecule has 0 saturated heterocycles. The van der Waals surface area contributed by atoms with Crippen LogP contribution in [0, 0.1) is 3.15 Å². The molecular weight excluding hydrogens is 381 g/mol. The third kappa shape index (κ3) is 2.63. The third-order valence-electron chi connectivity index (χ3n) is 3.23.